The molecule has 0 unspecified atom stereocenters. The van der Waals surface area contributed by atoms with E-state index in [-0.39, 0.29) is 5.75 Å². The third-order valence-electron chi connectivity index (χ3n) is 2.67. The van der Waals surface area contributed by atoms with E-state index in [0.717, 1.165) is 31.5 Å². The molecule has 16 heavy (non-hydrogen) atoms. The molecule has 1 aliphatic heterocycles. The van der Waals surface area contributed by atoms with Gasteiger partial charge in [-0.3, -0.25) is 4.99 Å². The Hall–Kier alpha value is -1.16. The lowest BCUT2D eigenvalue weighted by Gasteiger charge is -2.11. The molecule has 1 heterocycles. The van der Waals surface area contributed by atoms with E-state index in [1.54, 1.807) is 24.3 Å². The number of sulfone groups is 1. The fourth-order valence-corrected chi connectivity index (χ4v) is 3.22. The standard InChI is InChI=1S/C12H15NO2S/c14-16(15,12-7-2-1-3-8-12)10-11-6-4-5-9-13-11/h1-3,7-8H,4-6,9-10H2. The first-order valence-electron chi connectivity index (χ1n) is 5.48. The summed E-state index contributed by atoms with van der Waals surface area (Å²) in [4.78, 5) is 4.67. The van der Waals surface area contributed by atoms with Gasteiger partial charge in [-0.2, -0.15) is 0 Å². The predicted octanol–water partition coefficient (Wildman–Crippen LogP) is 2.09. The molecule has 0 N–H and O–H groups in total. The number of rotatable bonds is 3. The Morgan fingerprint density at radius 3 is 2.50 bits per heavy atom. The van der Waals surface area contributed by atoms with Crippen LogP contribution >= 0.6 is 0 Å². The maximum absolute atomic E-state index is 12.0. The lowest BCUT2D eigenvalue weighted by atomic mass is 10.1. The summed E-state index contributed by atoms with van der Waals surface area (Å²) in [5.74, 6) is 0.0804. The van der Waals surface area contributed by atoms with Crippen LogP contribution in [0.25, 0.3) is 0 Å². The molecule has 0 bridgehead atoms. The molecule has 0 saturated heterocycles. The molecule has 0 saturated carbocycles. The van der Waals surface area contributed by atoms with Crippen LogP contribution < -0.4 is 0 Å². The van der Waals surface area contributed by atoms with E-state index in [1.807, 2.05) is 6.07 Å². The summed E-state index contributed by atoms with van der Waals surface area (Å²) < 4.78 is 24.0. The van der Waals surface area contributed by atoms with Crippen molar-refractivity contribution >= 4 is 15.5 Å². The van der Waals surface area contributed by atoms with E-state index in [1.165, 1.54) is 0 Å². The molecule has 0 fully saturated rings. The molecule has 1 aromatic rings. The quantitative estimate of drug-likeness (QED) is 0.808. The number of benzene rings is 1. The molecule has 0 aliphatic carbocycles. The van der Waals surface area contributed by atoms with Crippen LogP contribution in [0, 0.1) is 0 Å². The highest BCUT2D eigenvalue weighted by Crippen LogP contribution is 2.14. The highest BCUT2D eigenvalue weighted by molar-refractivity contribution is 7.92. The Morgan fingerprint density at radius 2 is 1.88 bits per heavy atom. The van der Waals surface area contributed by atoms with Gasteiger partial charge in [-0.15, -0.1) is 0 Å². The maximum Gasteiger partial charge on any atom is 0.183 e. The molecule has 0 atom stereocenters. The van der Waals surface area contributed by atoms with E-state index in [0.29, 0.717) is 4.90 Å². The summed E-state index contributed by atoms with van der Waals surface area (Å²) in [6, 6.07) is 8.58. The van der Waals surface area contributed by atoms with Crippen molar-refractivity contribution in [3.63, 3.8) is 0 Å². The van der Waals surface area contributed by atoms with Crippen LogP contribution in [0.5, 0.6) is 0 Å². The van der Waals surface area contributed by atoms with Gasteiger partial charge in [0.2, 0.25) is 0 Å². The fourth-order valence-electron chi connectivity index (χ4n) is 1.81. The third kappa shape index (κ3) is 2.70. The Morgan fingerprint density at radius 1 is 1.12 bits per heavy atom. The van der Waals surface area contributed by atoms with Crippen LogP contribution in [0.1, 0.15) is 19.3 Å². The van der Waals surface area contributed by atoms with E-state index in [4.69, 9.17) is 0 Å². The van der Waals surface area contributed by atoms with Crippen molar-refractivity contribution < 1.29 is 8.42 Å². The minimum absolute atomic E-state index is 0.0804. The number of hydrogen-bond acceptors (Lipinski definition) is 3. The SMILES string of the molecule is O=S(=O)(CC1=NCCCC1)c1ccccc1. The molecule has 0 spiro atoms. The number of aliphatic imine (C=N–C) groups is 1. The van der Waals surface area contributed by atoms with Crippen LogP contribution in [0.3, 0.4) is 0 Å². The van der Waals surface area contributed by atoms with E-state index < -0.39 is 9.84 Å². The lowest BCUT2D eigenvalue weighted by Crippen LogP contribution is -2.19. The largest absolute Gasteiger partial charge is 0.293 e. The Labute approximate surface area is 96.1 Å². The molecular weight excluding hydrogens is 222 g/mol. The van der Waals surface area contributed by atoms with Crippen LogP contribution in [-0.4, -0.2) is 26.4 Å². The van der Waals surface area contributed by atoms with Gasteiger partial charge in [-0.1, -0.05) is 18.2 Å². The molecule has 0 radical (unpaired) electrons. The molecule has 86 valence electrons. The molecular formula is C12H15NO2S. The van der Waals surface area contributed by atoms with E-state index in [2.05, 4.69) is 4.99 Å². The van der Waals surface area contributed by atoms with Crippen molar-refractivity contribution in [3.8, 4) is 0 Å². The first-order chi connectivity index (χ1) is 7.68. The monoisotopic (exact) mass is 237 g/mol. The lowest BCUT2D eigenvalue weighted by molar-refractivity contribution is 0.599. The zero-order chi connectivity index (χ0) is 11.4. The van der Waals surface area contributed by atoms with Crippen molar-refractivity contribution in [2.75, 3.05) is 12.3 Å². The van der Waals surface area contributed by atoms with Crippen molar-refractivity contribution in [3.05, 3.63) is 30.3 Å². The third-order valence-corrected chi connectivity index (χ3v) is 4.37. The second-order valence-corrected chi connectivity index (χ2v) is 5.97. The van der Waals surface area contributed by atoms with Crippen molar-refractivity contribution in [1.82, 2.24) is 0 Å². The molecule has 1 aliphatic rings. The van der Waals surface area contributed by atoms with E-state index in [9.17, 15) is 8.42 Å². The molecule has 0 amide bonds. The summed E-state index contributed by atoms with van der Waals surface area (Å²) in [6.07, 6.45) is 2.96. The summed E-state index contributed by atoms with van der Waals surface area (Å²) >= 11 is 0. The minimum atomic E-state index is -3.19. The Bertz CT molecular complexity index is 477. The fraction of sp³-hybridized carbons (Fsp3) is 0.417. The van der Waals surface area contributed by atoms with E-state index >= 15 is 0 Å². The van der Waals surface area contributed by atoms with Crippen LogP contribution in [0.2, 0.25) is 0 Å². The minimum Gasteiger partial charge on any atom is -0.293 e. The van der Waals surface area contributed by atoms with Gasteiger partial charge < -0.3 is 0 Å². The van der Waals surface area contributed by atoms with Crippen LogP contribution in [0.4, 0.5) is 0 Å². The molecule has 1 aromatic carbocycles. The number of nitrogens with zero attached hydrogens (tertiary/aromatic N) is 1. The first-order valence-corrected chi connectivity index (χ1v) is 7.14. The summed E-state index contributed by atoms with van der Waals surface area (Å²) in [5.41, 5.74) is 0.829. The maximum atomic E-state index is 12.0. The van der Waals surface area contributed by atoms with Gasteiger partial charge in [-0.25, -0.2) is 8.42 Å². The van der Waals surface area contributed by atoms with Crippen LogP contribution in [0.15, 0.2) is 40.2 Å². The highest BCUT2D eigenvalue weighted by atomic mass is 32.2. The molecule has 2 rings (SSSR count). The average molecular weight is 237 g/mol. The second-order valence-electron chi connectivity index (χ2n) is 3.98. The van der Waals surface area contributed by atoms with Crippen LogP contribution in [-0.2, 0) is 9.84 Å². The van der Waals surface area contributed by atoms with Crippen molar-refractivity contribution in [2.45, 2.75) is 24.2 Å². The summed E-state index contributed by atoms with van der Waals surface area (Å²) in [7, 11) is -3.19. The summed E-state index contributed by atoms with van der Waals surface area (Å²) in [5, 5.41) is 0. The topological polar surface area (TPSA) is 46.5 Å². The second kappa shape index (κ2) is 4.78. The highest BCUT2D eigenvalue weighted by Gasteiger charge is 2.18. The van der Waals surface area contributed by atoms with Gasteiger partial charge in [-0.05, 0) is 31.4 Å². The zero-order valence-corrected chi connectivity index (χ0v) is 9.91. The van der Waals surface area contributed by atoms with Gasteiger partial charge in [0.25, 0.3) is 0 Å². The smallest absolute Gasteiger partial charge is 0.183 e. The first kappa shape index (κ1) is 11.3. The van der Waals surface area contributed by atoms with Gasteiger partial charge in [0.15, 0.2) is 9.84 Å². The van der Waals surface area contributed by atoms with Gasteiger partial charge in [0, 0.05) is 12.3 Å². The number of hydrogen-bond donors (Lipinski definition) is 0. The van der Waals surface area contributed by atoms with Crippen molar-refractivity contribution in [1.29, 1.82) is 0 Å². The van der Waals surface area contributed by atoms with Crippen molar-refractivity contribution in [2.24, 2.45) is 4.99 Å². The molecule has 0 aromatic heterocycles. The Kier molecular flexibility index (Phi) is 3.39. The Balaban J connectivity index is 2.18. The van der Waals surface area contributed by atoms with Gasteiger partial charge in [0.1, 0.15) is 0 Å². The molecule has 3 nitrogen and oxygen atoms in total. The van der Waals surface area contributed by atoms with Gasteiger partial charge >= 0.3 is 0 Å². The molecule has 4 heteroatoms. The van der Waals surface area contributed by atoms with Gasteiger partial charge in [0.05, 0.1) is 10.6 Å². The zero-order valence-electron chi connectivity index (χ0n) is 9.09. The average Bonchev–Trinajstić information content (AvgIpc) is 2.31. The predicted molar refractivity (Wildman–Crippen MR) is 64.6 cm³/mol. The summed E-state index contributed by atoms with van der Waals surface area (Å²) in [6.45, 7) is 0.777. The normalized spacial score (nSPS) is 16.9.